The molecule has 0 bridgehead atoms. The van der Waals surface area contributed by atoms with Gasteiger partial charge in [-0.15, -0.1) is 5.10 Å². The smallest absolute Gasteiger partial charge is 0.238 e. The molecule has 0 aliphatic rings. The number of H-pyrrole nitrogens is 1. The van der Waals surface area contributed by atoms with Crippen LogP contribution in [0.2, 0.25) is 0 Å². The van der Waals surface area contributed by atoms with Crippen LogP contribution in [0.1, 0.15) is 0 Å². The molecule has 3 aromatic rings. The number of nitrogens with zero attached hydrogens (tertiary/aromatic N) is 1. The second kappa shape index (κ2) is 4.75. The molecular formula is C15H12N2O. The molecule has 0 aliphatic heterocycles. The number of benzene rings is 2. The van der Waals surface area contributed by atoms with E-state index in [1.165, 1.54) is 0 Å². The first kappa shape index (κ1) is 10.6. The maximum Gasteiger partial charge on any atom is 0.238 e. The second-order valence-corrected chi connectivity index (χ2v) is 3.90. The van der Waals surface area contributed by atoms with Crippen LogP contribution in [0, 0.1) is 0 Å². The van der Waals surface area contributed by atoms with Crippen molar-refractivity contribution < 1.29 is 4.74 Å². The molecule has 0 saturated carbocycles. The van der Waals surface area contributed by atoms with E-state index in [4.69, 9.17) is 4.74 Å². The largest absolute Gasteiger partial charge is 0.438 e. The Kier molecular flexibility index (Phi) is 2.80. The van der Waals surface area contributed by atoms with E-state index in [0.717, 1.165) is 17.0 Å². The minimum absolute atomic E-state index is 0.569. The van der Waals surface area contributed by atoms with Crippen LogP contribution in [0.3, 0.4) is 0 Å². The van der Waals surface area contributed by atoms with Gasteiger partial charge in [-0.1, -0.05) is 48.5 Å². The minimum atomic E-state index is 0.569. The van der Waals surface area contributed by atoms with Crippen LogP contribution in [0.5, 0.6) is 11.6 Å². The molecule has 3 nitrogen and oxygen atoms in total. The molecule has 0 amide bonds. The molecule has 1 N–H and O–H groups in total. The Hall–Kier alpha value is -2.55. The van der Waals surface area contributed by atoms with E-state index in [0.29, 0.717) is 5.88 Å². The molecule has 3 rings (SSSR count). The van der Waals surface area contributed by atoms with Crippen LogP contribution in [0.25, 0.3) is 11.3 Å². The van der Waals surface area contributed by atoms with Gasteiger partial charge in [0.1, 0.15) is 5.75 Å². The quantitative estimate of drug-likeness (QED) is 0.749. The van der Waals surface area contributed by atoms with E-state index < -0.39 is 0 Å². The maximum absolute atomic E-state index is 5.64. The van der Waals surface area contributed by atoms with E-state index in [2.05, 4.69) is 10.2 Å². The Bertz CT molecular complexity index is 617. The van der Waals surface area contributed by atoms with Gasteiger partial charge in [0.15, 0.2) is 0 Å². The first-order valence-electron chi connectivity index (χ1n) is 5.75. The van der Waals surface area contributed by atoms with Gasteiger partial charge in [-0.3, -0.25) is 5.10 Å². The van der Waals surface area contributed by atoms with Crippen molar-refractivity contribution in [2.45, 2.75) is 0 Å². The zero-order valence-corrected chi connectivity index (χ0v) is 9.71. The second-order valence-electron chi connectivity index (χ2n) is 3.90. The highest BCUT2D eigenvalue weighted by Gasteiger charge is 2.04. The molecule has 0 unspecified atom stereocenters. The lowest BCUT2D eigenvalue weighted by Crippen LogP contribution is -1.82. The summed E-state index contributed by atoms with van der Waals surface area (Å²) in [5.41, 5.74) is 2.04. The SMILES string of the molecule is c1ccc(Oc2cc(-c3ccccc3)[nH]n2)cc1. The number of rotatable bonds is 3. The zero-order chi connectivity index (χ0) is 12.2. The Balaban J connectivity index is 1.82. The number of nitrogens with one attached hydrogen (secondary N) is 1. The first-order chi connectivity index (χ1) is 8.92. The molecule has 0 aliphatic carbocycles. The van der Waals surface area contributed by atoms with E-state index in [1.54, 1.807) is 0 Å². The van der Waals surface area contributed by atoms with Gasteiger partial charge in [0, 0.05) is 6.07 Å². The molecule has 3 heteroatoms. The third-order valence-electron chi connectivity index (χ3n) is 2.60. The summed E-state index contributed by atoms with van der Waals surface area (Å²) in [7, 11) is 0. The molecule has 0 radical (unpaired) electrons. The van der Waals surface area contributed by atoms with E-state index in [-0.39, 0.29) is 0 Å². The Labute approximate surface area is 105 Å². The average molecular weight is 236 g/mol. The van der Waals surface area contributed by atoms with E-state index >= 15 is 0 Å². The van der Waals surface area contributed by atoms with Crippen LogP contribution in [0.15, 0.2) is 66.7 Å². The standard InChI is InChI=1S/C15H12N2O/c1-3-7-12(8-4-1)14-11-15(17-16-14)18-13-9-5-2-6-10-13/h1-11H,(H,16,17). The molecule has 0 spiro atoms. The lowest BCUT2D eigenvalue weighted by Gasteiger charge is -1.99. The molecular weight excluding hydrogens is 224 g/mol. The number of hydrogen-bond acceptors (Lipinski definition) is 2. The van der Waals surface area contributed by atoms with Gasteiger partial charge in [-0.05, 0) is 17.7 Å². The Morgan fingerprint density at radius 2 is 1.50 bits per heavy atom. The zero-order valence-electron chi connectivity index (χ0n) is 9.71. The predicted octanol–water partition coefficient (Wildman–Crippen LogP) is 3.87. The summed E-state index contributed by atoms with van der Waals surface area (Å²) in [6.07, 6.45) is 0. The molecule has 0 saturated heterocycles. The number of aromatic amines is 1. The summed E-state index contributed by atoms with van der Waals surface area (Å²) in [5.74, 6) is 1.35. The molecule has 1 aromatic heterocycles. The van der Waals surface area contributed by atoms with Crippen LogP contribution in [-0.4, -0.2) is 10.2 Å². The lowest BCUT2D eigenvalue weighted by atomic mass is 10.2. The topological polar surface area (TPSA) is 37.9 Å². The predicted molar refractivity (Wildman–Crippen MR) is 70.5 cm³/mol. The van der Waals surface area contributed by atoms with Crippen molar-refractivity contribution >= 4 is 0 Å². The van der Waals surface area contributed by atoms with Gasteiger partial charge in [-0.2, -0.15) is 0 Å². The van der Waals surface area contributed by atoms with Crippen molar-refractivity contribution in [2.24, 2.45) is 0 Å². The third-order valence-corrected chi connectivity index (χ3v) is 2.60. The normalized spacial score (nSPS) is 10.2. The van der Waals surface area contributed by atoms with Crippen LogP contribution in [-0.2, 0) is 0 Å². The van der Waals surface area contributed by atoms with Crippen molar-refractivity contribution in [3.8, 4) is 22.9 Å². The highest BCUT2D eigenvalue weighted by atomic mass is 16.5. The lowest BCUT2D eigenvalue weighted by molar-refractivity contribution is 0.461. The summed E-state index contributed by atoms with van der Waals surface area (Å²) in [6, 6.07) is 21.5. The number of aromatic nitrogens is 2. The average Bonchev–Trinajstić information content (AvgIpc) is 2.89. The third kappa shape index (κ3) is 2.25. The number of hydrogen-bond donors (Lipinski definition) is 1. The summed E-state index contributed by atoms with van der Waals surface area (Å²) in [5, 5.41) is 7.11. The Morgan fingerprint density at radius 3 is 2.22 bits per heavy atom. The van der Waals surface area contributed by atoms with Gasteiger partial charge >= 0.3 is 0 Å². The maximum atomic E-state index is 5.64. The summed E-state index contributed by atoms with van der Waals surface area (Å²) >= 11 is 0. The molecule has 0 fully saturated rings. The van der Waals surface area contributed by atoms with Crippen LogP contribution < -0.4 is 4.74 Å². The van der Waals surface area contributed by atoms with Crippen LogP contribution >= 0.6 is 0 Å². The van der Waals surface area contributed by atoms with Gasteiger partial charge < -0.3 is 4.74 Å². The fourth-order valence-electron chi connectivity index (χ4n) is 1.73. The van der Waals surface area contributed by atoms with Gasteiger partial charge in [0.2, 0.25) is 5.88 Å². The van der Waals surface area contributed by atoms with Gasteiger partial charge in [-0.25, -0.2) is 0 Å². The van der Waals surface area contributed by atoms with Crippen molar-refractivity contribution in [2.75, 3.05) is 0 Å². The Morgan fingerprint density at radius 1 is 0.833 bits per heavy atom. The molecule has 88 valence electrons. The number of para-hydroxylation sites is 1. The minimum Gasteiger partial charge on any atom is -0.438 e. The highest BCUT2D eigenvalue weighted by Crippen LogP contribution is 2.24. The van der Waals surface area contributed by atoms with Crippen LogP contribution in [0.4, 0.5) is 0 Å². The van der Waals surface area contributed by atoms with E-state index in [1.807, 2.05) is 66.7 Å². The fraction of sp³-hybridized carbons (Fsp3) is 0. The molecule has 2 aromatic carbocycles. The molecule has 0 atom stereocenters. The van der Waals surface area contributed by atoms with Crippen molar-refractivity contribution in [1.82, 2.24) is 10.2 Å². The van der Waals surface area contributed by atoms with Crippen molar-refractivity contribution in [3.63, 3.8) is 0 Å². The van der Waals surface area contributed by atoms with E-state index in [9.17, 15) is 0 Å². The fourth-order valence-corrected chi connectivity index (χ4v) is 1.73. The van der Waals surface area contributed by atoms with Crippen molar-refractivity contribution in [3.05, 3.63) is 66.7 Å². The summed E-state index contributed by atoms with van der Waals surface area (Å²) in [4.78, 5) is 0. The monoisotopic (exact) mass is 236 g/mol. The van der Waals surface area contributed by atoms with Crippen molar-refractivity contribution in [1.29, 1.82) is 0 Å². The van der Waals surface area contributed by atoms with Gasteiger partial charge in [0.25, 0.3) is 0 Å². The molecule has 18 heavy (non-hydrogen) atoms. The van der Waals surface area contributed by atoms with Gasteiger partial charge in [0.05, 0.1) is 5.69 Å². The summed E-state index contributed by atoms with van der Waals surface area (Å²) in [6.45, 7) is 0. The highest BCUT2D eigenvalue weighted by molar-refractivity contribution is 5.59. The summed E-state index contributed by atoms with van der Waals surface area (Å²) < 4.78 is 5.64. The molecule has 1 heterocycles. The number of ether oxygens (including phenoxy) is 1. The first-order valence-corrected chi connectivity index (χ1v) is 5.75.